The summed E-state index contributed by atoms with van der Waals surface area (Å²) in [5.74, 6) is -0.0911. The van der Waals surface area contributed by atoms with Crippen LogP contribution in [0.25, 0.3) is 10.2 Å². The number of nitrogens with zero attached hydrogens (tertiary/aromatic N) is 5. The molecule has 0 fully saturated rings. The van der Waals surface area contributed by atoms with Crippen LogP contribution in [0.5, 0.6) is 0 Å². The molecule has 2 aromatic carbocycles. The maximum atomic E-state index is 12.8. The summed E-state index contributed by atoms with van der Waals surface area (Å²) in [5.41, 5.74) is 4.05. The Bertz CT molecular complexity index is 1410. The first-order chi connectivity index (χ1) is 16.1. The van der Waals surface area contributed by atoms with Crippen LogP contribution in [0.3, 0.4) is 0 Å². The summed E-state index contributed by atoms with van der Waals surface area (Å²) in [6.45, 7) is 3.65. The number of nitrogens with one attached hydrogen (secondary N) is 1. The number of amides is 1. The lowest BCUT2D eigenvalue weighted by Gasteiger charge is -2.06. The van der Waals surface area contributed by atoms with Crippen molar-refractivity contribution in [2.75, 3.05) is 0 Å². The molecule has 166 valence electrons. The minimum Gasteiger partial charge on any atom is -0.347 e. The quantitative estimate of drug-likeness (QED) is 0.370. The molecule has 1 N–H and O–H groups in total. The van der Waals surface area contributed by atoms with Gasteiger partial charge in [-0.1, -0.05) is 54.1 Å². The second-order valence-corrected chi connectivity index (χ2v) is 9.19. The van der Waals surface area contributed by atoms with Gasteiger partial charge >= 0.3 is 0 Å². The summed E-state index contributed by atoms with van der Waals surface area (Å²) in [7, 11) is 0. The molecule has 0 bridgehead atoms. The highest BCUT2D eigenvalue weighted by Crippen LogP contribution is 2.29. The van der Waals surface area contributed by atoms with Gasteiger partial charge in [-0.15, -0.1) is 11.3 Å². The lowest BCUT2D eigenvalue weighted by Crippen LogP contribution is -2.21. The minimum atomic E-state index is -0.0911. The van der Waals surface area contributed by atoms with E-state index in [0.717, 1.165) is 32.6 Å². The molecule has 0 radical (unpaired) electrons. The van der Waals surface area contributed by atoms with E-state index >= 15 is 0 Å². The van der Waals surface area contributed by atoms with Crippen LogP contribution >= 0.6 is 22.9 Å². The molecule has 33 heavy (non-hydrogen) atoms. The number of halogens is 1. The van der Waals surface area contributed by atoms with E-state index in [9.17, 15) is 4.79 Å². The molecule has 9 heteroatoms. The number of thiophene rings is 1. The van der Waals surface area contributed by atoms with E-state index in [0.29, 0.717) is 29.5 Å². The molecule has 0 aliphatic heterocycles. The predicted molar refractivity (Wildman–Crippen MR) is 130 cm³/mol. The summed E-state index contributed by atoms with van der Waals surface area (Å²) >= 11 is 7.77. The standard InChI is InChI=1S/C24H21ClN6OS/c1-16-20-10-22(33-24(20)31(29-16)13-19-4-2-3-5-21(19)25)23(32)27-11-17-6-8-18(9-7-17)12-30-15-26-14-28-30/h2-10,14-15H,11-13H2,1H3,(H,27,32). The Labute approximate surface area is 199 Å². The van der Waals surface area contributed by atoms with Crippen molar-refractivity contribution in [3.05, 3.63) is 99.5 Å². The molecule has 0 saturated heterocycles. The highest BCUT2D eigenvalue weighted by Gasteiger charge is 2.17. The number of carbonyl (C=O) groups excluding carboxylic acids is 1. The van der Waals surface area contributed by atoms with Crippen molar-refractivity contribution in [1.82, 2.24) is 29.9 Å². The average molecular weight is 477 g/mol. The van der Waals surface area contributed by atoms with Crippen LogP contribution in [-0.2, 0) is 19.6 Å². The number of aromatic nitrogens is 5. The Hall–Kier alpha value is -3.49. The Morgan fingerprint density at radius 3 is 2.64 bits per heavy atom. The molecular weight excluding hydrogens is 456 g/mol. The number of hydrogen-bond donors (Lipinski definition) is 1. The third-order valence-electron chi connectivity index (χ3n) is 5.40. The van der Waals surface area contributed by atoms with Crippen molar-refractivity contribution in [2.45, 2.75) is 26.6 Å². The zero-order chi connectivity index (χ0) is 22.8. The fourth-order valence-electron chi connectivity index (χ4n) is 3.65. The summed E-state index contributed by atoms with van der Waals surface area (Å²) in [4.78, 5) is 18.4. The molecule has 1 amide bonds. The molecule has 5 rings (SSSR count). The molecule has 0 unspecified atom stereocenters. The first-order valence-corrected chi connectivity index (χ1v) is 11.6. The van der Waals surface area contributed by atoms with Gasteiger partial charge in [0.1, 0.15) is 17.5 Å². The average Bonchev–Trinajstić information content (AvgIpc) is 3.54. The molecule has 0 atom stereocenters. The third-order valence-corrected chi connectivity index (χ3v) is 6.91. The van der Waals surface area contributed by atoms with Gasteiger partial charge in [0.15, 0.2) is 0 Å². The smallest absolute Gasteiger partial charge is 0.261 e. The molecule has 0 aliphatic carbocycles. The molecule has 3 aromatic heterocycles. The largest absolute Gasteiger partial charge is 0.347 e. The van der Waals surface area contributed by atoms with Crippen LogP contribution < -0.4 is 5.32 Å². The monoisotopic (exact) mass is 476 g/mol. The Morgan fingerprint density at radius 2 is 1.88 bits per heavy atom. The summed E-state index contributed by atoms with van der Waals surface area (Å²) in [6.07, 6.45) is 3.21. The third kappa shape index (κ3) is 4.67. The molecule has 5 aromatic rings. The summed E-state index contributed by atoms with van der Waals surface area (Å²) in [5, 5.41) is 13.5. The minimum absolute atomic E-state index is 0.0911. The molecular formula is C24H21ClN6OS. The number of benzene rings is 2. The zero-order valence-electron chi connectivity index (χ0n) is 17.9. The van der Waals surface area contributed by atoms with E-state index in [1.165, 1.54) is 17.7 Å². The number of hydrogen-bond acceptors (Lipinski definition) is 5. The Morgan fingerprint density at radius 1 is 1.09 bits per heavy atom. The zero-order valence-corrected chi connectivity index (χ0v) is 19.5. The van der Waals surface area contributed by atoms with Gasteiger partial charge in [-0.3, -0.25) is 9.48 Å². The number of rotatable bonds is 7. The number of fused-ring (bicyclic) bond motifs is 1. The van der Waals surface area contributed by atoms with Crippen LogP contribution in [0, 0.1) is 6.92 Å². The van der Waals surface area contributed by atoms with Crippen LogP contribution in [0.1, 0.15) is 32.1 Å². The highest BCUT2D eigenvalue weighted by molar-refractivity contribution is 7.20. The highest BCUT2D eigenvalue weighted by atomic mass is 35.5. The van der Waals surface area contributed by atoms with Crippen LogP contribution in [0.2, 0.25) is 5.02 Å². The summed E-state index contributed by atoms with van der Waals surface area (Å²) < 4.78 is 3.69. The Balaban J connectivity index is 1.26. The number of aryl methyl sites for hydroxylation is 1. The first kappa shape index (κ1) is 21.4. The molecule has 0 aliphatic rings. The lowest BCUT2D eigenvalue weighted by molar-refractivity contribution is 0.0955. The van der Waals surface area contributed by atoms with Crippen molar-refractivity contribution >= 4 is 39.1 Å². The van der Waals surface area contributed by atoms with E-state index < -0.39 is 0 Å². The van der Waals surface area contributed by atoms with Crippen molar-refractivity contribution < 1.29 is 4.79 Å². The molecule has 7 nitrogen and oxygen atoms in total. The van der Waals surface area contributed by atoms with Crippen LogP contribution in [0.15, 0.2) is 67.3 Å². The van der Waals surface area contributed by atoms with Crippen molar-refractivity contribution in [3.8, 4) is 0 Å². The fraction of sp³-hybridized carbons (Fsp3) is 0.167. The van der Waals surface area contributed by atoms with Crippen molar-refractivity contribution in [2.24, 2.45) is 0 Å². The molecule has 3 heterocycles. The topological polar surface area (TPSA) is 77.6 Å². The number of carbonyl (C=O) groups is 1. The van der Waals surface area contributed by atoms with Crippen molar-refractivity contribution in [3.63, 3.8) is 0 Å². The van der Waals surface area contributed by atoms with Crippen LogP contribution in [0.4, 0.5) is 0 Å². The second kappa shape index (κ2) is 9.17. The van der Waals surface area contributed by atoms with Gasteiger partial charge in [0.2, 0.25) is 0 Å². The maximum Gasteiger partial charge on any atom is 0.261 e. The van der Waals surface area contributed by atoms with Gasteiger partial charge in [0, 0.05) is 17.0 Å². The van der Waals surface area contributed by atoms with E-state index in [4.69, 9.17) is 11.6 Å². The van der Waals surface area contributed by atoms with Gasteiger partial charge in [-0.25, -0.2) is 9.67 Å². The molecule has 0 saturated carbocycles. The second-order valence-electron chi connectivity index (χ2n) is 7.76. The predicted octanol–water partition coefficient (Wildman–Crippen LogP) is 4.68. The van der Waals surface area contributed by atoms with Gasteiger partial charge in [-0.05, 0) is 35.7 Å². The van der Waals surface area contributed by atoms with Gasteiger partial charge in [0.05, 0.1) is 23.7 Å². The van der Waals surface area contributed by atoms with Gasteiger partial charge in [-0.2, -0.15) is 10.2 Å². The Kier molecular flexibility index (Phi) is 5.93. The maximum absolute atomic E-state index is 12.8. The van der Waals surface area contributed by atoms with Gasteiger partial charge in [0.25, 0.3) is 5.91 Å². The SMILES string of the molecule is Cc1nn(Cc2ccccc2Cl)c2sc(C(=O)NCc3ccc(Cn4cncn4)cc3)cc12. The van der Waals surface area contributed by atoms with E-state index in [2.05, 4.69) is 20.5 Å². The normalized spacial score (nSPS) is 11.2. The van der Waals surface area contributed by atoms with Crippen LogP contribution in [-0.4, -0.2) is 30.5 Å². The fourth-order valence-corrected chi connectivity index (χ4v) is 4.93. The van der Waals surface area contributed by atoms with E-state index in [-0.39, 0.29) is 5.91 Å². The molecule has 0 spiro atoms. The van der Waals surface area contributed by atoms with E-state index in [1.54, 1.807) is 11.0 Å². The van der Waals surface area contributed by atoms with Gasteiger partial charge < -0.3 is 5.32 Å². The van der Waals surface area contributed by atoms with Crippen molar-refractivity contribution in [1.29, 1.82) is 0 Å². The first-order valence-electron chi connectivity index (χ1n) is 10.5. The summed E-state index contributed by atoms with van der Waals surface area (Å²) in [6, 6.07) is 17.8. The van der Waals surface area contributed by atoms with E-state index in [1.807, 2.05) is 66.2 Å². The lowest BCUT2D eigenvalue weighted by atomic mass is 10.1.